The van der Waals surface area contributed by atoms with Gasteiger partial charge >= 0.3 is 0 Å². The summed E-state index contributed by atoms with van der Waals surface area (Å²) in [5, 5.41) is 13.0. The Bertz CT molecular complexity index is 654. The number of amides is 1. The number of hydrogen-bond acceptors (Lipinski definition) is 5. The third-order valence-electron chi connectivity index (χ3n) is 4.26. The second-order valence-electron chi connectivity index (χ2n) is 5.96. The Labute approximate surface area is 134 Å². The van der Waals surface area contributed by atoms with E-state index in [-0.39, 0.29) is 12.1 Å². The van der Waals surface area contributed by atoms with Crippen LogP contribution >= 0.6 is 0 Å². The highest BCUT2D eigenvalue weighted by Gasteiger charge is 2.34. The van der Waals surface area contributed by atoms with Crippen molar-refractivity contribution in [3.8, 4) is 0 Å². The Morgan fingerprint density at radius 2 is 2.13 bits per heavy atom. The van der Waals surface area contributed by atoms with E-state index in [1.54, 1.807) is 18.3 Å². The largest absolute Gasteiger partial charge is 0.393 e. The van der Waals surface area contributed by atoms with Crippen LogP contribution in [0.1, 0.15) is 28.9 Å². The second kappa shape index (κ2) is 6.75. The van der Waals surface area contributed by atoms with Gasteiger partial charge in [0.2, 0.25) is 5.91 Å². The molecular formula is C17H20N4O2. The first kappa shape index (κ1) is 15.4. The molecule has 2 aromatic rings. The number of pyridine rings is 2. The summed E-state index contributed by atoms with van der Waals surface area (Å²) in [7, 11) is 0. The van der Waals surface area contributed by atoms with Gasteiger partial charge in [0.1, 0.15) is 5.82 Å². The monoisotopic (exact) mass is 312 g/mol. The SMILES string of the molecule is NC(=O)c1ccc(N[C@H](Cc2ccccn2)C2CC(O)C2)nc1. The summed E-state index contributed by atoms with van der Waals surface area (Å²) in [5.41, 5.74) is 6.61. The van der Waals surface area contributed by atoms with Crippen molar-refractivity contribution in [2.24, 2.45) is 11.7 Å². The lowest BCUT2D eigenvalue weighted by atomic mass is 9.76. The van der Waals surface area contributed by atoms with Gasteiger partial charge in [0.25, 0.3) is 0 Å². The van der Waals surface area contributed by atoms with Crippen molar-refractivity contribution in [2.75, 3.05) is 5.32 Å². The maximum atomic E-state index is 11.1. The van der Waals surface area contributed by atoms with E-state index in [1.807, 2.05) is 18.2 Å². The van der Waals surface area contributed by atoms with Gasteiger partial charge in [0, 0.05) is 30.6 Å². The number of aliphatic hydroxyl groups is 1. The number of nitrogens with two attached hydrogens (primary N) is 1. The molecule has 0 spiro atoms. The molecule has 0 aliphatic heterocycles. The molecule has 1 atom stereocenters. The van der Waals surface area contributed by atoms with Crippen molar-refractivity contribution in [1.82, 2.24) is 9.97 Å². The third kappa shape index (κ3) is 3.84. The summed E-state index contributed by atoms with van der Waals surface area (Å²) in [6, 6.07) is 9.40. The summed E-state index contributed by atoms with van der Waals surface area (Å²) >= 11 is 0. The fraction of sp³-hybridized carbons (Fsp3) is 0.353. The smallest absolute Gasteiger partial charge is 0.250 e. The van der Waals surface area contributed by atoms with Gasteiger partial charge < -0.3 is 16.2 Å². The summed E-state index contributed by atoms with van der Waals surface area (Å²) in [4.78, 5) is 19.7. The number of hydrogen-bond donors (Lipinski definition) is 3. The Morgan fingerprint density at radius 1 is 1.30 bits per heavy atom. The molecule has 120 valence electrons. The van der Waals surface area contributed by atoms with Crippen molar-refractivity contribution in [3.63, 3.8) is 0 Å². The Balaban J connectivity index is 1.71. The van der Waals surface area contributed by atoms with E-state index in [1.165, 1.54) is 6.20 Å². The molecule has 0 unspecified atom stereocenters. The molecule has 1 amide bonds. The molecule has 1 aliphatic rings. The molecule has 6 heteroatoms. The Hall–Kier alpha value is -2.47. The summed E-state index contributed by atoms with van der Waals surface area (Å²) in [6.07, 6.45) is 5.36. The molecule has 3 rings (SSSR count). The van der Waals surface area contributed by atoms with Gasteiger partial charge in [-0.1, -0.05) is 6.07 Å². The zero-order valence-corrected chi connectivity index (χ0v) is 12.7. The van der Waals surface area contributed by atoms with E-state index in [4.69, 9.17) is 5.73 Å². The minimum atomic E-state index is -0.490. The average molecular weight is 312 g/mol. The highest BCUT2D eigenvalue weighted by atomic mass is 16.3. The van der Waals surface area contributed by atoms with E-state index in [0.717, 1.165) is 25.0 Å². The first-order valence-corrected chi connectivity index (χ1v) is 7.72. The van der Waals surface area contributed by atoms with Gasteiger partial charge in [0.15, 0.2) is 0 Å². The van der Waals surface area contributed by atoms with Crippen LogP contribution in [0.2, 0.25) is 0 Å². The van der Waals surface area contributed by atoms with Crippen molar-refractivity contribution < 1.29 is 9.90 Å². The first-order chi connectivity index (χ1) is 11.1. The Kier molecular flexibility index (Phi) is 4.52. The third-order valence-corrected chi connectivity index (χ3v) is 4.26. The molecule has 0 radical (unpaired) electrons. The number of primary amides is 1. The number of nitrogens with one attached hydrogen (secondary N) is 1. The number of aromatic nitrogens is 2. The van der Waals surface area contributed by atoms with Crippen molar-refractivity contribution in [1.29, 1.82) is 0 Å². The fourth-order valence-electron chi connectivity index (χ4n) is 2.85. The van der Waals surface area contributed by atoms with Crippen molar-refractivity contribution >= 4 is 11.7 Å². The quantitative estimate of drug-likeness (QED) is 0.748. The van der Waals surface area contributed by atoms with Crippen LogP contribution in [-0.4, -0.2) is 33.1 Å². The summed E-state index contributed by atoms with van der Waals surface area (Å²) in [5.74, 6) is 0.582. The number of aliphatic hydroxyl groups excluding tert-OH is 1. The number of carbonyl (C=O) groups excluding carboxylic acids is 1. The van der Waals surface area contributed by atoms with Gasteiger partial charge in [-0.25, -0.2) is 4.98 Å². The topological polar surface area (TPSA) is 101 Å². The zero-order chi connectivity index (χ0) is 16.2. The van der Waals surface area contributed by atoms with Gasteiger partial charge in [0.05, 0.1) is 11.7 Å². The second-order valence-corrected chi connectivity index (χ2v) is 5.96. The van der Waals surface area contributed by atoms with Crippen LogP contribution in [-0.2, 0) is 6.42 Å². The van der Waals surface area contributed by atoms with E-state index in [9.17, 15) is 9.90 Å². The molecule has 0 aromatic carbocycles. The lowest BCUT2D eigenvalue weighted by molar-refractivity contribution is 0.0340. The van der Waals surface area contributed by atoms with Crippen LogP contribution in [0.3, 0.4) is 0 Å². The summed E-state index contributed by atoms with van der Waals surface area (Å²) < 4.78 is 0. The van der Waals surface area contributed by atoms with Crippen molar-refractivity contribution in [2.45, 2.75) is 31.4 Å². The normalized spacial score (nSPS) is 21.3. The lowest BCUT2D eigenvalue weighted by Crippen LogP contribution is -2.42. The van der Waals surface area contributed by atoms with Crippen LogP contribution in [0.25, 0.3) is 0 Å². The molecule has 23 heavy (non-hydrogen) atoms. The number of anilines is 1. The molecule has 2 aromatic heterocycles. The van der Waals surface area contributed by atoms with Crippen LogP contribution in [0.5, 0.6) is 0 Å². The maximum absolute atomic E-state index is 11.1. The molecule has 6 nitrogen and oxygen atoms in total. The van der Waals surface area contributed by atoms with E-state index in [0.29, 0.717) is 17.3 Å². The standard InChI is InChI=1S/C17H20N4O2/c18-17(23)11-4-5-16(20-10-11)21-15(12-7-14(22)8-12)9-13-3-1-2-6-19-13/h1-6,10,12,14-15,22H,7-9H2,(H2,18,23)(H,20,21)/t12?,14?,15-/m1/s1. The molecule has 1 saturated carbocycles. The maximum Gasteiger partial charge on any atom is 0.250 e. The molecule has 4 N–H and O–H groups in total. The number of nitrogens with zero attached hydrogens (tertiary/aromatic N) is 2. The van der Waals surface area contributed by atoms with Gasteiger partial charge in [-0.05, 0) is 43.0 Å². The van der Waals surface area contributed by atoms with Crippen LogP contribution in [0.15, 0.2) is 42.7 Å². The van der Waals surface area contributed by atoms with Gasteiger partial charge in [-0.3, -0.25) is 9.78 Å². The van der Waals surface area contributed by atoms with Gasteiger partial charge in [-0.2, -0.15) is 0 Å². The van der Waals surface area contributed by atoms with Crippen LogP contribution < -0.4 is 11.1 Å². The minimum absolute atomic E-state index is 0.139. The van der Waals surface area contributed by atoms with E-state index >= 15 is 0 Å². The Morgan fingerprint density at radius 3 is 2.70 bits per heavy atom. The summed E-state index contributed by atoms with van der Waals surface area (Å²) in [6.45, 7) is 0. The molecule has 0 bridgehead atoms. The van der Waals surface area contributed by atoms with E-state index < -0.39 is 5.91 Å². The van der Waals surface area contributed by atoms with Crippen molar-refractivity contribution in [3.05, 3.63) is 54.0 Å². The predicted octanol–water partition coefficient (Wildman–Crippen LogP) is 1.37. The molecule has 1 fully saturated rings. The minimum Gasteiger partial charge on any atom is -0.393 e. The predicted molar refractivity (Wildman–Crippen MR) is 86.8 cm³/mol. The van der Waals surface area contributed by atoms with E-state index in [2.05, 4.69) is 15.3 Å². The van der Waals surface area contributed by atoms with Crippen LogP contribution in [0, 0.1) is 5.92 Å². The van der Waals surface area contributed by atoms with Crippen LogP contribution in [0.4, 0.5) is 5.82 Å². The zero-order valence-electron chi connectivity index (χ0n) is 12.7. The van der Waals surface area contributed by atoms with Gasteiger partial charge in [-0.15, -0.1) is 0 Å². The molecule has 2 heterocycles. The number of rotatable bonds is 6. The highest BCUT2D eigenvalue weighted by Crippen LogP contribution is 2.33. The molecule has 1 aliphatic carbocycles. The molecule has 0 saturated heterocycles. The number of carbonyl (C=O) groups is 1. The molecular weight excluding hydrogens is 292 g/mol. The highest BCUT2D eigenvalue weighted by molar-refractivity contribution is 5.92. The average Bonchev–Trinajstić information content (AvgIpc) is 2.53. The first-order valence-electron chi connectivity index (χ1n) is 7.72. The lowest BCUT2D eigenvalue weighted by Gasteiger charge is -2.38. The fourth-order valence-corrected chi connectivity index (χ4v) is 2.85.